The van der Waals surface area contributed by atoms with E-state index in [0.717, 1.165) is 0 Å². The van der Waals surface area contributed by atoms with E-state index in [1.54, 1.807) is 18.2 Å². The molecule has 1 atom stereocenters. The van der Waals surface area contributed by atoms with E-state index in [9.17, 15) is 13.2 Å². The van der Waals surface area contributed by atoms with Gasteiger partial charge in [-0.05, 0) is 24.6 Å². The van der Waals surface area contributed by atoms with E-state index in [1.807, 2.05) is 0 Å². The van der Waals surface area contributed by atoms with Crippen LogP contribution in [-0.4, -0.2) is 18.4 Å². The van der Waals surface area contributed by atoms with Gasteiger partial charge < -0.3 is 9.97 Å². The maximum atomic E-state index is 11.2. The standard InChI is InChI=1S/C9H11N3O3S/c1-5(16(10,14)15)6-2-3-7-8(4-6)12-9(13)11-7/h2-5H,1H3,(H2,10,14,15)(H2,11,12,13). The molecule has 0 aliphatic heterocycles. The van der Waals surface area contributed by atoms with E-state index in [2.05, 4.69) is 9.97 Å². The zero-order valence-corrected chi connectivity index (χ0v) is 9.34. The van der Waals surface area contributed by atoms with Crippen LogP contribution in [0.2, 0.25) is 0 Å². The summed E-state index contributed by atoms with van der Waals surface area (Å²) in [4.78, 5) is 16.1. The van der Waals surface area contributed by atoms with E-state index >= 15 is 0 Å². The predicted octanol–water partition coefficient (Wildman–Crippen LogP) is 0.206. The number of imidazole rings is 1. The van der Waals surface area contributed by atoms with Crippen LogP contribution in [0.15, 0.2) is 23.0 Å². The lowest BCUT2D eigenvalue weighted by atomic mass is 10.1. The van der Waals surface area contributed by atoms with E-state index < -0.39 is 15.3 Å². The second-order valence-electron chi connectivity index (χ2n) is 3.62. The summed E-state index contributed by atoms with van der Waals surface area (Å²) in [5, 5.41) is 4.26. The van der Waals surface area contributed by atoms with Gasteiger partial charge in [0.05, 0.1) is 16.3 Å². The molecule has 0 radical (unpaired) electrons. The number of rotatable bonds is 2. The van der Waals surface area contributed by atoms with Crippen LogP contribution in [-0.2, 0) is 10.0 Å². The van der Waals surface area contributed by atoms with E-state index in [0.29, 0.717) is 16.6 Å². The smallest absolute Gasteiger partial charge is 0.306 e. The monoisotopic (exact) mass is 241 g/mol. The fourth-order valence-electron chi connectivity index (χ4n) is 1.49. The maximum absolute atomic E-state index is 11.2. The first-order valence-corrected chi connectivity index (χ1v) is 6.22. The number of hydrogen-bond donors (Lipinski definition) is 3. The Morgan fingerprint density at radius 2 is 1.88 bits per heavy atom. The Labute approximate surface area is 91.5 Å². The van der Waals surface area contributed by atoms with Crippen LogP contribution in [0.3, 0.4) is 0 Å². The first kappa shape index (κ1) is 10.9. The number of H-pyrrole nitrogens is 2. The highest BCUT2D eigenvalue weighted by molar-refractivity contribution is 7.89. The van der Waals surface area contributed by atoms with Crippen LogP contribution in [0, 0.1) is 0 Å². The minimum Gasteiger partial charge on any atom is -0.306 e. The van der Waals surface area contributed by atoms with Gasteiger partial charge in [0.15, 0.2) is 0 Å². The van der Waals surface area contributed by atoms with Gasteiger partial charge in [-0.15, -0.1) is 0 Å². The van der Waals surface area contributed by atoms with Crippen LogP contribution >= 0.6 is 0 Å². The van der Waals surface area contributed by atoms with Gasteiger partial charge >= 0.3 is 5.69 Å². The van der Waals surface area contributed by atoms with Crippen molar-refractivity contribution in [1.82, 2.24) is 9.97 Å². The van der Waals surface area contributed by atoms with Crippen molar-refractivity contribution in [2.24, 2.45) is 5.14 Å². The van der Waals surface area contributed by atoms with Gasteiger partial charge in [0.25, 0.3) is 0 Å². The molecule has 0 spiro atoms. The Morgan fingerprint density at radius 1 is 1.25 bits per heavy atom. The van der Waals surface area contributed by atoms with Gasteiger partial charge in [-0.25, -0.2) is 18.4 Å². The van der Waals surface area contributed by atoms with Gasteiger partial charge in [-0.1, -0.05) is 6.07 Å². The second kappa shape index (κ2) is 3.46. The number of aromatic amines is 2. The second-order valence-corrected chi connectivity index (χ2v) is 5.50. The Balaban J connectivity index is 2.59. The summed E-state index contributed by atoms with van der Waals surface area (Å²) in [6.07, 6.45) is 0. The molecule has 2 rings (SSSR count). The molecule has 4 N–H and O–H groups in total. The molecule has 0 aliphatic carbocycles. The lowest BCUT2D eigenvalue weighted by Gasteiger charge is -2.08. The first-order valence-electron chi connectivity index (χ1n) is 4.61. The molecular weight excluding hydrogens is 230 g/mol. The molecule has 0 aliphatic rings. The topological polar surface area (TPSA) is 109 Å². The molecule has 86 valence electrons. The quantitative estimate of drug-likeness (QED) is 0.699. The number of sulfonamides is 1. The molecule has 1 unspecified atom stereocenters. The third-order valence-electron chi connectivity index (χ3n) is 2.50. The molecule has 0 fully saturated rings. The fraction of sp³-hybridized carbons (Fsp3) is 0.222. The Morgan fingerprint density at radius 3 is 2.50 bits per heavy atom. The highest BCUT2D eigenvalue weighted by Crippen LogP contribution is 2.21. The van der Waals surface area contributed by atoms with Crippen LogP contribution < -0.4 is 10.8 Å². The Kier molecular flexibility index (Phi) is 2.36. The Bertz CT molecular complexity index is 683. The highest BCUT2D eigenvalue weighted by Gasteiger charge is 2.18. The minimum absolute atomic E-state index is 0.324. The van der Waals surface area contributed by atoms with Gasteiger partial charge in [-0.3, -0.25) is 0 Å². The molecular formula is C9H11N3O3S. The third kappa shape index (κ3) is 1.86. The van der Waals surface area contributed by atoms with Crippen LogP contribution in [0.1, 0.15) is 17.7 Å². The van der Waals surface area contributed by atoms with Gasteiger partial charge in [-0.2, -0.15) is 0 Å². The lowest BCUT2D eigenvalue weighted by molar-refractivity contribution is 0.588. The van der Waals surface area contributed by atoms with Crippen molar-refractivity contribution in [3.8, 4) is 0 Å². The van der Waals surface area contributed by atoms with Crippen LogP contribution in [0.5, 0.6) is 0 Å². The molecule has 7 heteroatoms. The zero-order valence-electron chi connectivity index (χ0n) is 8.52. The van der Waals surface area contributed by atoms with Gasteiger partial charge in [0.2, 0.25) is 10.0 Å². The van der Waals surface area contributed by atoms with E-state index in [1.165, 1.54) is 6.92 Å². The van der Waals surface area contributed by atoms with Crippen molar-refractivity contribution >= 4 is 21.1 Å². The molecule has 0 saturated carbocycles. The molecule has 2 aromatic rings. The number of nitrogens with two attached hydrogens (primary N) is 1. The molecule has 16 heavy (non-hydrogen) atoms. The van der Waals surface area contributed by atoms with Gasteiger partial charge in [0.1, 0.15) is 0 Å². The summed E-state index contributed by atoms with van der Waals surface area (Å²) < 4.78 is 22.3. The lowest BCUT2D eigenvalue weighted by Crippen LogP contribution is -2.19. The zero-order chi connectivity index (χ0) is 11.9. The fourth-order valence-corrected chi connectivity index (χ4v) is 2.02. The molecule has 1 aromatic heterocycles. The SMILES string of the molecule is CC(c1ccc2[nH]c(=O)[nH]c2c1)S(N)(=O)=O. The summed E-state index contributed by atoms with van der Waals surface area (Å²) >= 11 is 0. The number of fused-ring (bicyclic) bond motifs is 1. The van der Waals surface area contributed by atoms with Crippen molar-refractivity contribution < 1.29 is 8.42 Å². The van der Waals surface area contributed by atoms with Crippen LogP contribution in [0.25, 0.3) is 11.0 Å². The number of hydrogen-bond acceptors (Lipinski definition) is 3. The summed E-state index contributed by atoms with van der Waals surface area (Å²) in [7, 11) is -3.62. The summed E-state index contributed by atoms with van der Waals surface area (Å²) in [6.45, 7) is 1.50. The highest BCUT2D eigenvalue weighted by atomic mass is 32.2. The van der Waals surface area contributed by atoms with Crippen molar-refractivity contribution in [3.05, 3.63) is 34.2 Å². The van der Waals surface area contributed by atoms with Crippen molar-refractivity contribution in [1.29, 1.82) is 0 Å². The maximum Gasteiger partial charge on any atom is 0.323 e. The molecule has 0 bridgehead atoms. The molecule has 0 saturated heterocycles. The van der Waals surface area contributed by atoms with Crippen molar-refractivity contribution in [2.45, 2.75) is 12.2 Å². The van der Waals surface area contributed by atoms with Crippen molar-refractivity contribution in [2.75, 3.05) is 0 Å². The molecule has 6 nitrogen and oxygen atoms in total. The number of primary sulfonamides is 1. The average molecular weight is 241 g/mol. The van der Waals surface area contributed by atoms with Crippen molar-refractivity contribution in [3.63, 3.8) is 0 Å². The van der Waals surface area contributed by atoms with Crippen LogP contribution in [0.4, 0.5) is 0 Å². The Hall–Kier alpha value is -1.60. The summed E-state index contributed by atoms with van der Waals surface area (Å²) in [5.74, 6) is 0. The van der Waals surface area contributed by atoms with Gasteiger partial charge in [0, 0.05) is 0 Å². The summed E-state index contributed by atoms with van der Waals surface area (Å²) in [6, 6.07) is 4.87. The van der Waals surface area contributed by atoms with E-state index in [4.69, 9.17) is 5.14 Å². The predicted molar refractivity (Wildman–Crippen MR) is 60.4 cm³/mol. The largest absolute Gasteiger partial charge is 0.323 e. The normalized spacial score (nSPS) is 14.1. The molecule has 1 aromatic carbocycles. The molecule has 0 amide bonds. The first-order chi connectivity index (χ1) is 7.38. The van der Waals surface area contributed by atoms with E-state index in [-0.39, 0.29) is 5.69 Å². The number of benzene rings is 1. The minimum atomic E-state index is -3.62. The molecule has 1 heterocycles. The number of aromatic nitrogens is 2. The average Bonchev–Trinajstić information content (AvgIpc) is 2.54. The summed E-state index contributed by atoms with van der Waals surface area (Å²) in [5.41, 5.74) is 1.43. The third-order valence-corrected chi connectivity index (χ3v) is 3.76. The number of nitrogens with one attached hydrogen (secondary N) is 2.